The van der Waals surface area contributed by atoms with Gasteiger partial charge < -0.3 is 10.7 Å². The smallest absolute Gasteiger partial charge is 0.253 e. The van der Waals surface area contributed by atoms with E-state index in [1.807, 2.05) is 25.1 Å². The fourth-order valence-electron chi connectivity index (χ4n) is 3.31. The summed E-state index contributed by atoms with van der Waals surface area (Å²) in [5.74, 6) is 6.11. The number of hydrogen-bond donors (Lipinski definition) is 3. The predicted octanol–water partition coefficient (Wildman–Crippen LogP) is 3.37. The predicted molar refractivity (Wildman–Crippen MR) is 87.1 cm³/mol. The van der Waals surface area contributed by atoms with Crippen LogP contribution in [0.4, 0.5) is 5.69 Å². The molecular weight excluding hydrogens is 262 g/mol. The minimum absolute atomic E-state index is 0.0240. The van der Waals surface area contributed by atoms with Crippen molar-refractivity contribution in [2.45, 2.75) is 58.4 Å². The molecule has 0 radical (unpaired) electrons. The summed E-state index contributed by atoms with van der Waals surface area (Å²) in [7, 11) is 0. The molecule has 4 nitrogen and oxygen atoms in total. The van der Waals surface area contributed by atoms with E-state index in [9.17, 15) is 4.79 Å². The number of rotatable bonds is 5. The largest absolute Gasteiger partial charge is 0.349 e. The number of benzene rings is 1. The number of hydrazine groups is 1. The van der Waals surface area contributed by atoms with Crippen LogP contribution in [-0.2, 0) is 0 Å². The van der Waals surface area contributed by atoms with Crippen molar-refractivity contribution in [1.29, 1.82) is 0 Å². The second-order valence-corrected chi connectivity index (χ2v) is 6.08. The molecular formula is C17H27N3O. The van der Waals surface area contributed by atoms with Crippen LogP contribution in [0.25, 0.3) is 0 Å². The first-order valence-electron chi connectivity index (χ1n) is 8.03. The molecule has 4 heteroatoms. The monoisotopic (exact) mass is 289 g/mol. The number of nitrogens with two attached hydrogens (primary N) is 1. The Morgan fingerprint density at radius 3 is 2.67 bits per heavy atom. The summed E-state index contributed by atoms with van der Waals surface area (Å²) in [6, 6.07) is 5.96. The maximum Gasteiger partial charge on any atom is 0.253 e. The Labute approximate surface area is 127 Å². The Kier molecular flexibility index (Phi) is 5.62. The van der Waals surface area contributed by atoms with E-state index in [4.69, 9.17) is 5.84 Å². The molecule has 116 valence electrons. The van der Waals surface area contributed by atoms with Gasteiger partial charge in [-0.1, -0.05) is 37.8 Å². The zero-order valence-electron chi connectivity index (χ0n) is 13.1. The topological polar surface area (TPSA) is 67.2 Å². The van der Waals surface area contributed by atoms with Gasteiger partial charge in [-0.15, -0.1) is 0 Å². The Hall–Kier alpha value is -1.55. The second kappa shape index (κ2) is 7.46. The third kappa shape index (κ3) is 3.97. The SMILES string of the molecule is CCC(NC(=O)c1cc(C)ccc1NN)C1CCCCC1. The third-order valence-corrected chi connectivity index (χ3v) is 4.55. The van der Waals surface area contributed by atoms with Gasteiger partial charge in [-0.3, -0.25) is 10.6 Å². The van der Waals surface area contributed by atoms with Crippen LogP contribution in [0.5, 0.6) is 0 Å². The highest BCUT2D eigenvalue weighted by atomic mass is 16.1. The highest BCUT2D eigenvalue weighted by molar-refractivity contribution is 5.99. The van der Waals surface area contributed by atoms with E-state index in [1.54, 1.807) is 0 Å². The molecule has 0 heterocycles. The molecule has 0 aliphatic heterocycles. The van der Waals surface area contributed by atoms with Crippen LogP contribution < -0.4 is 16.6 Å². The van der Waals surface area contributed by atoms with Gasteiger partial charge in [-0.2, -0.15) is 0 Å². The van der Waals surface area contributed by atoms with Crippen molar-refractivity contribution in [2.24, 2.45) is 11.8 Å². The van der Waals surface area contributed by atoms with Crippen LogP contribution in [0.3, 0.4) is 0 Å². The molecule has 1 amide bonds. The molecule has 1 fully saturated rings. The Balaban J connectivity index is 2.10. The van der Waals surface area contributed by atoms with Crippen LogP contribution in [0.1, 0.15) is 61.4 Å². The molecule has 21 heavy (non-hydrogen) atoms. The summed E-state index contributed by atoms with van der Waals surface area (Å²) in [6.07, 6.45) is 7.35. The number of nitrogens with one attached hydrogen (secondary N) is 2. The van der Waals surface area contributed by atoms with E-state index in [1.165, 1.54) is 32.1 Å². The van der Waals surface area contributed by atoms with Gasteiger partial charge in [0.05, 0.1) is 11.3 Å². The summed E-state index contributed by atoms with van der Waals surface area (Å²) in [5.41, 5.74) is 4.98. The molecule has 1 aliphatic carbocycles. The molecule has 1 aliphatic rings. The van der Waals surface area contributed by atoms with Crippen LogP contribution in [0.2, 0.25) is 0 Å². The quantitative estimate of drug-likeness (QED) is 0.575. The lowest BCUT2D eigenvalue weighted by atomic mass is 9.83. The molecule has 1 unspecified atom stereocenters. The van der Waals surface area contributed by atoms with Gasteiger partial charge in [0.15, 0.2) is 0 Å². The standard InChI is InChI=1S/C17H27N3O/c1-3-15(13-7-5-4-6-8-13)19-17(21)14-11-12(2)9-10-16(14)20-18/h9-11,13,15,20H,3-8,18H2,1-2H3,(H,19,21). The summed E-state index contributed by atoms with van der Waals surface area (Å²) in [6.45, 7) is 4.13. The van der Waals surface area contributed by atoms with Crippen LogP contribution in [0.15, 0.2) is 18.2 Å². The first-order valence-corrected chi connectivity index (χ1v) is 8.03. The van der Waals surface area contributed by atoms with Gasteiger partial charge >= 0.3 is 0 Å². The highest BCUT2D eigenvalue weighted by Gasteiger charge is 2.24. The number of amides is 1. The summed E-state index contributed by atoms with van der Waals surface area (Å²) < 4.78 is 0. The molecule has 0 bridgehead atoms. The van der Waals surface area contributed by atoms with Crippen LogP contribution >= 0.6 is 0 Å². The summed E-state index contributed by atoms with van der Waals surface area (Å²) >= 11 is 0. The van der Waals surface area contributed by atoms with Gasteiger partial charge in [0, 0.05) is 6.04 Å². The minimum Gasteiger partial charge on any atom is -0.349 e. The van der Waals surface area contributed by atoms with Crippen molar-refractivity contribution in [1.82, 2.24) is 5.32 Å². The average Bonchev–Trinajstić information content (AvgIpc) is 2.53. The molecule has 2 rings (SSSR count). The third-order valence-electron chi connectivity index (χ3n) is 4.55. The lowest BCUT2D eigenvalue weighted by molar-refractivity contribution is 0.0912. The minimum atomic E-state index is -0.0240. The first kappa shape index (κ1) is 15.8. The molecule has 4 N–H and O–H groups in total. The number of aryl methyl sites for hydroxylation is 1. The molecule has 1 saturated carbocycles. The van der Waals surface area contributed by atoms with E-state index >= 15 is 0 Å². The lowest BCUT2D eigenvalue weighted by Crippen LogP contribution is -2.41. The van der Waals surface area contributed by atoms with Gasteiger partial charge in [0.1, 0.15) is 0 Å². The highest BCUT2D eigenvalue weighted by Crippen LogP contribution is 2.28. The van der Waals surface area contributed by atoms with E-state index in [-0.39, 0.29) is 11.9 Å². The summed E-state index contributed by atoms with van der Waals surface area (Å²) in [5, 5.41) is 3.22. The number of carbonyl (C=O) groups is 1. The fourth-order valence-corrected chi connectivity index (χ4v) is 3.31. The van der Waals surface area contributed by atoms with E-state index < -0.39 is 0 Å². The van der Waals surface area contributed by atoms with Crippen molar-refractivity contribution in [3.8, 4) is 0 Å². The lowest BCUT2D eigenvalue weighted by Gasteiger charge is -2.30. The Morgan fingerprint density at radius 2 is 2.05 bits per heavy atom. The number of carbonyl (C=O) groups excluding carboxylic acids is 1. The molecule has 1 aromatic rings. The van der Waals surface area contributed by atoms with Gasteiger partial charge in [-0.05, 0) is 44.2 Å². The van der Waals surface area contributed by atoms with E-state index in [0.717, 1.165) is 12.0 Å². The molecule has 1 atom stereocenters. The van der Waals surface area contributed by atoms with Crippen molar-refractivity contribution in [3.63, 3.8) is 0 Å². The maximum atomic E-state index is 12.6. The molecule has 0 aromatic heterocycles. The van der Waals surface area contributed by atoms with Gasteiger partial charge in [0.2, 0.25) is 0 Å². The van der Waals surface area contributed by atoms with Gasteiger partial charge in [0.25, 0.3) is 5.91 Å². The van der Waals surface area contributed by atoms with Crippen molar-refractivity contribution in [3.05, 3.63) is 29.3 Å². The zero-order chi connectivity index (χ0) is 15.2. The van der Waals surface area contributed by atoms with Gasteiger partial charge in [-0.25, -0.2) is 0 Å². The van der Waals surface area contributed by atoms with Crippen LogP contribution in [-0.4, -0.2) is 11.9 Å². The van der Waals surface area contributed by atoms with Crippen molar-refractivity contribution < 1.29 is 4.79 Å². The number of anilines is 1. The number of hydrogen-bond acceptors (Lipinski definition) is 3. The summed E-state index contributed by atoms with van der Waals surface area (Å²) in [4.78, 5) is 12.6. The number of nitrogen functional groups attached to an aromatic ring is 1. The first-order chi connectivity index (χ1) is 10.2. The van der Waals surface area contributed by atoms with Crippen molar-refractivity contribution >= 4 is 11.6 Å². The maximum absolute atomic E-state index is 12.6. The average molecular weight is 289 g/mol. The molecule has 1 aromatic carbocycles. The normalized spacial score (nSPS) is 17.3. The second-order valence-electron chi connectivity index (χ2n) is 6.08. The van der Waals surface area contributed by atoms with E-state index in [2.05, 4.69) is 17.7 Å². The Morgan fingerprint density at radius 1 is 1.33 bits per heavy atom. The van der Waals surface area contributed by atoms with Crippen molar-refractivity contribution in [2.75, 3.05) is 5.43 Å². The molecule has 0 saturated heterocycles. The van der Waals surface area contributed by atoms with E-state index in [0.29, 0.717) is 17.2 Å². The molecule has 0 spiro atoms. The fraction of sp³-hybridized carbons (Fsp3) is 0.588. The Bertz CT molecular complexity index is 481. The van der Waals surface area contributed by atoms with Crippen LogP contribution in [0, 0.1) is 12.8 Å². The zero-order valence-corrected chi connectivity index (χ0v) is 13.1.